The number of nitrogens with one attached hydrogen (secondary N) is 1. The minimum absolute atomic E-state index is 0.0855. The third-order valence-electron chi connectivity index (χ3n) is 3.53. The molecule has 0 aliphatic rings. The van der Waals surface area contributed by atoms with Gasteiger partial charge in [0.25, 0.3) is 0 Å². The first-order valence-corrected chi connectivity index (χ1v) is 10.1. The molecule has 138 valence electrons. The minimum Gasteiger partial charge on any atom is -0.493 e. The van der Waals surface area contributed by atoms with Gasteiger partial charge in [-0.3, -0.25) is 0 Å². The van der Waals surface area contributed by atoms with Crippen molar-refractivity contribution < 1.29 is 17.9 Å². The smallest absolute Gasteiger partial charge is 0.241 e. The second-order valence-corrected chi connectivity index (χ2v) is 8.14. The summed E-state index contributed by atoms with van der Waals surface area (Å²) in [6.45, 7) is 3.74. The van der Waals surface area contributed by atoms with E-state index < -0.39 is 16.1 Å². The van der Waals surface area contributed by atoms with Crippen molar-refractivity contribution in [3.63, 3.8) is 0 Å². The van der Waals surface area contributed by atoms with Crippen molar-refractivity contribution in [2.24, 2.45) is 7.05 Å². The molecule has 0 amide bonds. The summed E-state index contributed by atoms with van der Waals surface area (Å²) >= 11 is 1.55. The topological polar surface area (TPSA) is 95.3 Å². The van der Waals surface area contributed by atoms with Gasteiger partial charge in [-0.2, -0.15) is 0 Å². The van der Waals surface area contributed by atoms with E-state index in [-0.39, 0.29) is 4.90 Å². The van der Waals surface area contributed by atoms with Gasteiger partial charge in [-0.05, 0) is 24.8 Å². The number of ether oxygens (including phenoxy) is 2. The van der Waals surface area contributed by atoms with E-state index in [0.29, 0.717) is 17.3 Å². The Kier molecular flexibility index (Phi) is 6.31. The van der Waals surface area contributed by atoms with Crippen LogP contribution in [0.25, 0.3) is 0 Å². The Morgan fingerprint density at radius 1 is 1.24 bits per heavy atom. The fourth-order valence-corrected chi connectivity index (χ4v) is 4.16. The predicted molar refractivity (Wildman–Crippen MR) is 95.7 cm³/mol. The summed E-state index contributed by atoms with van der Waals surface area (Å²) in [5.74, 6) is 2.21. The van der Waals surface area contributed by atoms with Crippen LogP contribution in [0.15, 0.2) is 28.3 Å². The summed E-state index contributed by atoms with van der Waals surface area (Å²) in [6, 6.07) is 3.90. The lowest BCUT2D eigenvalue weighted by molar-refractivity contribution is 0.354. The molecule has 0 aliphatic carbocycles. The summed E-state index contributed by atoms with van der Waals surface area (Å²) in [6.07, 6.45) is 0. The standard InChI is InChI=1S/C15H22N4O4S2/c1-6-24-15-17-16-14(19(15)3)10(2)18-25(20,21)11-7-8-12(22-4)13(9-11)23-5/h7-10,18H,6H2,1-5H3. The molecule has 1 unspecified atom stereocenters. The number of aromatic nitrogens is 3. The molecule has 1 aromatic heterocycles. The van der Waals surface area contributed by atoms with Crippen LogP contribution in [0.3, 0.4) is 0 Å². The van der Waals surface area contributed by atoms with Crippen molar-refractivity contribution in [3.05, 3.63) is 24.0 Å². The second kappa shape index (κ2) is 8.07. The van der Waals surface area contributed by atoms with E-state index in [4.69, 9.17) is 9.47 Å². The van der Waals surface area contributed by atoms with Crippen LogP contribution in [0, 0.1) is 0 Å². The Labute approximate surface area is 152 Å². The average Bonchev–Trinajstić information content (AvgIpc) is 2.95. The Morgan fingerprint density at radius 2 is 1.92 bits per heavy atom. The highest BCUT2D eigenvalue weighted by molar-refractivity contribution is 7.99. The lowest BCUT2D eigenvalue weighted by Crippen LogP contribution is -2.28. The molecule has 1 aromatic carbocycles. The van der Waals surface area contributed by atoms with Crippen LogP contribution >= 0.6 is 11.8 Å². The number of sulfonamides is 1. The molecule has 0 aliphatic heterocycles. The zero-order chi connectivity index (χ0) is 18.6. The summed E-state index contributed by atoms with van der Waals surface area (Å²) in [5, 5.41) is 8.92. The Balaban J connectivity index is 2.26. The second-order valence-electron chi connectivity index (χ2n) is 5.19. The van der Waals surface area contributed by atoms with E-state index in [1.807, 2.05) is 14.0 Å². The van der Waals surface area contributed by atoms with E-state index in [1.54, 1.807) is 29.3 Å². The molecule has 25 heavy (non-hydrogen) atoms. The summed E-state index contributed by atoms with van der Waals surface area (Å²) in [7, 11) is 1.00. The molecule has 0 saturated heterocycles. The van der Waals surface area contributed by atoms with Crippen LogP contribution in [0.5, 0.6) is 11.5 Å². The van der Waals surface area contributed by atoms with Crippen molar-refractivity contribution in [3.8, 4) is 11.5 Å². The predicted octanol–water partition coefficient (Wildman–Crippen LogP) is 1.98. The van der Waals surface area contributed by atoms with Gasteiger partial charge in [0.05, 0.1) is 25.2 Å². The molecule has 0 fully saturated rings. The van der Waals surface area contributed by atoms with Gasteiger partial charge in [0.2, 0.25) is 10.0 Å². The highest BCUT2D eigenvalue weighted by Crippen LogP contribution is 2.30. The van der Waals surface area contributed by atoms with Crippen LogP contribution in [0.2, 0.25) is 0 Å². The maximum absolute atomic E-state index is 12.7. The fourth-order valence-electron chi connectivity index (χ4n) is 2.30. The van der Waals surface area contributed by atoms with Gasteiger partial charge in [0.1, 0.15) is 0 Å². The normalized spacial score (nSPS) is 12.8. The average molecular weight is 386 g/mol. The maximum atomic E-state index is 12.7. The van der Waals surface area contributed by atoms with Gasteiger partial charge in [0, 0.05) is 13.1 Å². The highest BCUT2D eigenvalue weighted by Gasteiger charge is 2.23. The third kappa shape index (κ3) is 4.25. The molecule has 0 saturated carbocycles. The van der Waals surface area contributed by atoms with Gasteiger partial charge >= 0.3 is 0 Å². The van der Waals surface area contributed by atoms with E-state index in [0.717, 1.165) is 10.9 Å². The molecule has 8 nitrogen and oxygen atoms in total. The molecule has 1 atom stereocenters. The van der Waals surface area contributed by atoms with Crippen molar-refractivity contribution >= 4 is 21.8 Å². The Morgan fingerprint density at radius 3 is 2.52 bits per heavy atom. The van der Waals surface area contributed by atoms with Crippen LogP contribution in [0.4, 0.5) is 0 Å². The molecular weight excluding hydrogens is 364 g/mol. The van der Waals surface area contributed by atoms with Gasteiger partial charge in [-0.25, -0.2) is 13.1 Å². The number of nitrogens with zero attached hydrogens (tertiary/aromatic N) is 3. The molecular formula is C15H22N4O4S2. The van der Waals surface area contributed by atoms with Gasteiger partial charge in [-0.1, -0.05) is 18.7 Å². The zero-order valence-electron chi connectivity index (χ0n) is 14.8. The molecule has 1 N–H and O–H groups in total. The van der Waals surface area contributed by atoms with Crippen LogP contribution in [-0.2, 0) is 17.1 Å². The van der Waals surface area contributed by atoms with Gasteiger partial charge < -0.3 is 14.0 Å². The summed E-state index contributed by atoms with van der Waals surface area (Å²) in [5.41, 5.74) is 0. The lowest BCUT2D eigenvalue weighted by atomic mass is 10.3. The first-order valence-electron chi connectivity index (χ1n) is 7.60. The highest BCUT2D eigenvalue weighted by atomic mass is 32.2. The molecule has 2 aromatic rings. The van der Waals surface area contributed by atoms with Crippen LogP contribution in [0.1, 0.15) is 25.7 Å². The van der Waals surface area contributed by atoms with Crippen LogP contribution < -0.4 is 14.2 Å². The summed E-state index contributed by atoms with van der Waals surface area (Å²) < 4.78 is 40.0. The van der Waals surface area contributed by atoms with E-state index in [9.17, 15) is 8.42 Å². The minimum atomic E-state index is -3.76. The molecule has 2 rings (SSSR count). The number of hydrogen-bond acceptors (Lipinski definition) is 7. The van der Waals surface area contributed by atoms with E-state index in [1.165, 1.54) is 26.4 Å². The SMILES string of the molecule is CCSc1nnc(C(C)NS(=O)(=O)c2ccc(OC)c(OC)c2)n1C. The number of benzene rings is 1. The number of hydrogen-bond donors (Lipinski definition) is 1. The Hall–Kier alpha value is -1.78. The van der Waals surface area contributed by atoms with E-state index >= 15 is 0 Å². The van der Waals surface area contributed by atoms with Crippen molar-refractivity contribution in [2.45, 2.75) is 29.9 Å². The van der Waals surface area contributed by atoms with Crippen molar-refractivity contribution in [1.29, 1.82) is 0 Å². The Bertz CT molecular complexity index is 836. The number of thioether (sulfide) groups is 1. The lowest BCUT2D eigenvalue weighted by Gasteiger charge is -2.15. The van der Waals surface area contributed by atoms with Crippen molar-refractivity contribution in [1.82, 2.24) is 19.5 Å². The van der Waals surface area contributed by atoms with Crippen LogP contribution in [-0.4, -0.2) is 43.2 Å². The maximum Gasteiger partial charge on any atom is 0.241 e. The van der Waals surface area contributed by atoms with E-state index in [2.05, 4.69) is 14.9 Å². The van der Waals surface area contributed by atoms with Gasteiger partial charge in [0.15, 0.2) is 22.5 Å². The number of methoxy groups -OCH3 is 2. The molecule has 1 heterocycles. The molecule has 0 radical (unpaired) electrons. The zero-order valence-corrected chi connectivity index (χ0v) is 16.4. The number of rotatable bonds is 8. The first kappa shape index (κ1) is 19.5. The third-order valence-corrected chi connectivity index (χ3v) is 5.97. The monoisotopic (exact) mass is 386 g/mol. The molecule has 0 bridgehead atoms. The summed E-state index contributed by atoms with van der Waals surface area (Å²) in [4.78, 5) is 0.0855. The van der Waals surface area contributed by atoms with Gasteiger partial charge in [-0.15, -0.1) is 10.2 Å². The fraction of sp³-hybridized carbons (Fsp3) is 0.467. The largest absolute Gasteiger partial charge is 0.493 e. The quantitative estimate of drug-likeness (QED) is 0.693. The molecule has 10 heteroatoms. The molecule has 0 spiro atoms. The first-order chi connectivity index (χ1) is 11.8. The van der Waals surface area contributed by atoms with Crippen molar-refractivity contribution in [2.75, 3.05) is 20.0 Å².